The number of nitrogens with zero attached hydrogens (tertiary/aromatic N) is 4. The number of hydrogen-bond donors (Lipinski definition) is 2. The van der Waals surface area contributed by atoms with E-state index in [1.54, 1.807) is 18.8 Å². The zero-order chi connectivity index (χ0) is 20.2. The lowest BCUT2D eigenvalue weighted by molar-refractivity contribution is -0.121. The highest BCUT2D eigenvalue weighted by atomic mass is 32.1. The molecule has 1 aromatic carbocycles. The summed E-state index contributed by atoms with van der Waals surface area (Å²) in [5.41, 5.74) is 2.53. The summed E-state index contributed by atoms with van der Waals surface area (Å²) in [5.74, 6) is 0.503. The van der Waals surface area contributed by atoms with Crippen LogP contribution in [0, 0.1) is 5.92 Å². The molecule has 1 fully saturated rings. The fraction of sp³-hybridized carbons (Fsp3) is 0.250. The number of carbonyl (C=O) groups is 2. The van der Waals surface area contributed by atoms with E-state index in [0.29, 0.717) is 23.9 Å². The van der Waals surface area contributed by atoms with Crippen LogP contribution in [0.1, 0.15) is 5.69 Å². The monoisotopic (exact) mass is 408 g/mol. The highest BCUT2D eigenvalue weighted by Crippen LogP contribution is 2.27. The molecule has 0 saturated carbocycles. The van der Waals surface area contributed by atoms with Crippen LogP contribution in [0.25, 0.3) is 11.3 Å². The molecule has 148 valence electrons. The highest BCUT2D eigenvalue weighted by Gasteiger charge is 2.34. The summed E-state index contributed by atoms with van der Waals surface area (Å²) in [5, 5.41) is 7.70. The molecule has 0 radical (unpaired) electrons. The Morgan fingerprint density at radius 3 is 2.76 bits per heavy atom. The largest absolute Gasteiger partial charge is 0.359 e. The first-order chi connectivity index (χ1) is 14.1. The number of thiazole rings is 1. The van der Waals surface area contributed by atoms with Gasteiger partial charge in [-0.15, -0.1) is 11.3 Å². The summed E-state index contributed by atoms with van der Waals surface area (Å²) < 4.78 is 0. The topological polar surface area (TPSA) is 100 Å². The second kappa shape index (κ2) is 8.36. The van der Waals surface area contributed by atoms with Gasteiger partial charge in [0.25, 0.3) is 0 Å². The predicted octanol–water partition coefficient (Wildman–Crippen LogP) is 1.96. The van der Waals surface area contributed by atoms with Gasteiger partial charge < -0.3 is 15.5 Å². The minimum Gasteiger partial charge on any atom is -0.359 e. The molecule has 0 spiro atoms. The molecule has 29 heavy (non-hydrogen) atoms. The van der Waals surface area contributed by atoms with Crippen molar-refractivity contribution in [1.82, 2.24) is 20.3 Å². The molecule has 0 bridgehead atoms. The highest BCUT2D eigenvalue weighted by molar-refractivity contribution is 7.13. The average Bonchev–Trinajstić information content (AvgIpc) is 3.14. The Balaban J connectivity index is 1.33. The Hall–Kier alpha value is -3.33. The van der Waals surface area contributed by atoms with E-state index in [2.05, 4.69) is 30.5 Å². The fourth-order valence-corrected chi connectivity index (χ4v) is 3.74. The molecule has 3 aromatic rings. The predicted molar refractivity (Wildman–Crippen MR) is 112 cm³/mol. The first-order valence-corrected chi connectivity index (χ1v) is 10.1. The van der Waals surface area contributed by atoms with E-state index in [1.807, 2.05) is 36.4 Å². The number of anilines is 2. The number of hydrogen-bond acceptors (Lipinski definition) is 7. The van der Waals surface area contributed by atoms with Gasteiger partial charge in [-0.3, -0.25) is 9.59 Å². The minimum atomic E-state index is -0.128. The molecule has 1 saturated heterocycles. The van der Waals surface area contributed by atoms with Gasteiger partial charge in [0.05, 0.1) is 23.7 Å². The second-order valence-corrected chi connectivity index (χ2v) is 7.57. The smallest absolute Gasteiger partial charge is 0.232 e. The minimum absolute atomic E-state index is 0.0700. The molecule has 2 N–H and O–H groups in total. The molecule has 0 aliphatic carbocycles. The molecule has 9 heteroatoms. The fourth-order valence-electron chi connectivity index (χ4n) is 3.02. The van der Waals surface area contributed by atoms with Crippen molar-refractivity contribution in [1.29, 1.82) is 0 Å². The van der Waals surface area contributed by atoms with E-state index >= 15 is 0 Å². The Morgan fingerprint density at radius 2 is 2.00 bits per heavy atom. The van der Waals surface area contributed by atoms with Crippen molar-refractivity contribution in [3.05, 3.63) is 53.8 Å². The maximum absolute atomic E-state index is 12.5. The Labute approximate surface area is 172 Å². The van der Waals surface area contributed by atoms with Crippen LogP contribution in [-0.4, -0.2) is 46.9 Å². The standard InChI is InChI=1S/C20H20N6O2S/c1-21-18(27)7-15-11-29-20(24-15)25-19(28)14-9-26(10-14)17-8-16(22-12-23-17)13-5-3-2-4-6-13/h2-6,8,11-12,14H,7,9-10H2,1H3,(H,21,27)(H,24,25,28). The number of carbonyl (C=O) groups excluding carboxylic acids is 2. The van der Waals surface area contributed by atoms with Gasteiger partial charge in [-0.05, 0) is 0 Å². The number of rotatable bonds is 6. The maximum atomic E-state index is 12.5. The van der Waals surface area contributed by atoms with E-state index in [0.717, 1.165) is 17.1 Å². The molecular weight excluding hydrogens is 388 g/mol. The number of benzene rings is 1. The van der Waals surface area contributed by atoms with Gasteiger partial charge in [0.2, 0.25) is 11.8 Å². The van der Waals surface area contributed by atoms with Crippen LogP contribution in [-0.2, 0) is 16.0 Å². The third-order valence-corrected chi connectivity index (χ3v) is 5.51. The van der Waals surface area contributed by atoms with Gasteiger partial charge in [-0.25, -0.2) is 15.0 Å². The van der Waals surface area contributed by atoms with Gasteiger partial charge >= 0.3 is 0 Å². The number of aromatic nitrogens is 3. The van der Waals surface area contributed by atoms with Gasteiger partial charge in [0, 0.05) is 37.1 Å². The summed E-state index contributed by atoms with van der Waals surface area (Å²) in [6.45, 7) is 1.18. The lowest BCUT2D eigenvalue weighted by Crippen LogP contribution is -2.52. The first-order valence-electron chi connectivity index (χ1n) is 9.20. The molecule has 0 atom stereocenters. The van der Waals surface area contributed by atoms with E-state index < -0.39 is 0 Å². The second-order valence-electron chi connectivity index (χ2n) is 6.71. The van der Waals surface area contributed by atoms with E-state index in [9.17, 15) is 9.59 Å². The summed E-state index contributed by atoms with van der Waals surface area (Å²) in [6.07, 6.45) is 1.76. The van der Waals surface area contributed by atoms with Gasteiger partial charge in [-0.2, -0.15) is 0 Å². The Kier molecular flexibility index (Phi) is 5.48. The summed E-state index contributed by atoms with van der Waals surface area (Å²) >= 11 is 1.32. The number of amides is 2. The lowest BCUT2D eigenvalue weighted by Gasteiger charge is -2.38. The quantitative estimate of drug-likeness (QED) is 0.647. The molecule has 2 aromatic heterocycles. The van der Waals surface area contributed by atoms with E-state index in [1.165, 1.54) is 11.3 Å². The maximum Gasteiger partial charge on any atom is 0.232 e. The van der Waals surface area contributed by atoms with Gasteiger partial charge in [0.1, 0.15) is 12.1 Å². The molecule has 0 unspecified atom stereocenters. The van der Waals surface area contributed by atoms with Crippen molar-refractivity contribution in [3.63, 3.8) is 0 Å². The van der Waals surface area contributed by atoms with E-state index in [-0.39, 0.29) is 24.2 Å². The SMILES string of the molecule is CNC(=O)Cc1csc(NC(=O)C2CN(c3cc(-c4ccccc4)ncn3)C2)n1. The third kappa shape index (κ3) is 4.40. The molecule has 4 rings (SSSR count). The van der Waals surface area contributed by atoms with Crippen LogP contribution in [0.2, 0.25) is 0 Å². The number of likely N-dealkylation sites (N-methyl/N-ethyl adjacent to an activating group) is 1. The van der Waals surface area contributed by atoms with Crippen LogP contribution in [0.4, 0.5) is 10.9 Å². The average molecular weight is 408 g/mol. The lowest BCUT2D eigenvalue weighted by atomic mass is 9.99. The Bertz CT molecular complexity index is 1020. The van der Waals surface area contributed by atoms with Crippen LogP contribution in [0.3, 0.4) is 0 Å². The van der Waals surface area contributed by atoms with Crippen molar-refractivity contribution in [2.75, 3.05) is 30.4 Å². The first kappa shape index (κ1) is 19.0. The van der Waals surface area contributed by atoms with Crippen molar-refractivity contribution < 1.29 is 9.59 Å². The van der Waals surface area contributed by atoms with Crippen molar-refractivity contribution in [2.45, 2.75) is 6.42 Å². The molecular formula is C20H20N6O2S. The summed E-state index contributed by atoms with van der Waals surface area (Å²) in [6, 6.07) is 11.9. The molecule has 3 heterocycles. The number of nitrogens with one attached hydrogen (secondary N) is 2. The van der Waals surface area contributed by atoms with E-state index in [4.69, 9.17) is 0 Å². The summed E-state index contributed by atoms with van der Waals surface area (Å²) in [4.78, 5) is 38.9. The van der Waals surface area contributed by atoms with Gasteiger partial charge in [-0.1, -0.05) is 30.3 Å². The molecule has 2 amide bonds. The van der Waals surface area contributed by atoms with Crippen molar-refractivity contribution >= 4 is 34.1 Å². The van der Waals surface area contributed by atoms with Crippen molar-refractivity contribution in [2.24, 2.45) is 5.92 Å². The summed E-state index contributed by atoms with van der Waals surface area (Å²) in [7, 11) is 1.58. The zero-order valence-corrected chi connectivity index (χ0v) is 16.6. The van der Waals surface area contributed by atoms with Crippen molar-refractivity contribution in [3.8, 4) is 11.3 Å². The van der Waals surface area contributed by atoms with Crippen LogP contribution >= 0.6 is 11.3 Å². The normalized spacial score (nSPS) is 13.6. The van der Waals surface area contributed by atoms with Gasteiger partial charge in [0.15, 0.2) is 5.13 Å². The van der Waals surface area contributed by atoms with Crippen LogP contribution in [0.15, 0.2) is 48.1 Å². The zero-order valence-electron chi connectivity index (χ0n) is 15.8. The molecule has 8 nitrogen and oxygen atoms in total. The van der Waals surface area contributed by atoms with Crippen LogP contribution in [0.5, 0.6) is 0 Å². The third-order valence-electron chi connectivity index (χ3n) is 4.70. The molecule has 1 aliphatic heterocycles. The Morgan fingerprint density at radius 1 is 1.21 bits per heavy atom. The van der Waals surface area contributed by atoms with Crippen LogP contribution < -0.4 is 15.5 Å². The molecule has 1 aliphatic rings.